The maximum Gasteiger partial charge on any atom is 0.191 e. The Balaban J connectivity index is 1.95. The number of methoxy groups -OCH3 is 1. The molecule has 2 rings (SSSR count). The van der Waals surface area contributed by atoms with Crippen molar-refractivity contribution in [3.8, 4) is 5.75 Å². The molecule has 0 atom stereocenters. The third-order valence-corrected chi connectivity index (χ3v) is 2.82. The number of ether oxygens (including phenoxy) is 1. The third kappa shape index (κ3) is 4.25. The lowest BCUT2D eigenvalue weighted by Gasteiger charge is -2.07. The second-order valence-electron chi connectivity index (χ2n) is 4.05. The Morgan fingerprint density at radius 3 is 2.67 bits per heavy atom. The molecule has 2 aromatic carbocycles. The Labute approximate surface area is 127 Å². The summed E-state index contributed by atoms with van der Waals surface area (Å²) in [6.07, 6.45) is 1.58. The van der Waals surface area contributed by atoms with Crippen molar-refractivity contribution in [1.82, 2.24) is 5.43 Å². The van der Waals surface area contributed by atoms with Gasteiger partial charge in [0.05, 0.1) is 19.0 Å². The van der Waals surface area contributed by atoms with E-state index in [4.69, 9.17) is 17.0 Å². The van der Waals surface area contributed by atoms with Crippen LogP contribution in [0.15, 0.2) is 53.6 Å². The largest absolute Gasteiger partial charge is 0.496 e. The molecular weight excluding hydrogens is 289 g/mol. The molecule has 0 aliphatic heterocycles. The zero-order valence-electron chi connectivity index (χ0n) is 11.3. The van der Waals surface area contributed by atoms with Gasteiger partial charge < -0.3 is 10.1 Å². The molecule has 0 amide bonds. The summed E-state index contributed by atoms with van der Waals surface area (Å²) in [6.45, 7) is 0. The molecule has 2 N–H and O–H groups in total. The van der Waals surface area contributed by atoms with Crippen molar-refractivity contribution in [2.75, 3.05) is 12.4 Å². The van der Waals surface area contributed by atoms with E-state index in [0.29, 0.717) is 11.4 Å². The van der Waals surface area contributed by atoms with Gasteiger partial charge in [0, 0.05) is 5.56 Å². The molecule has 0 spiro atoms. The summed E-state index contributed by atoms with van der Waals surface area (Å²) >= 11 is 5.04. The molecule has 0 heterocycles. The van der Waals surface area contributed by atoms with E-state index in [-0.39, 0.29) is 10.9 Å². The highest BCUT2D eigenvalue weighted by atomic mass is 32.1. The summed E-state index contributed by atoms with van der Waals surface area (Å²) < 4.78 is 18.6. The molecule has 0 saturated carbocycles. The van der Waals surface area contributed by atoms with Crippen molar-refractivity contribution in [3.63, 3.8) is 0 Å². The second-order valence-corrected chi connectivity index (χ2v) is 4.45. The smallest absolute Gasteiger partial charge is 0.191 e. The fourth-order valence-corrected chi connectivity index (χ4v) is 1.81. The molecule has 108 valence electrons. The van der Waals surface area contributed by atoms with Crippen molar-refractivity contribution in [1.29, 1.82) is 0 Å². The van der Waals surface area contributed by atoms with Crippen LogP contribution in [0, 0.1) is 5.82 Å². The van der Waals surface area contributed by atoms with E-state index in [1.165, 1.54) is 6.07 Å². The minimum atomic E-state index is -0.379. The zero-order valence-corrected chi connectivity index (χ0v) is 12.2. The molecule has 0 radical (unpaired) electrons. The first-order valence-electron chi connectivity index (χ1n) is 6.18. The van der Waals surface area contributed by atoms with Gasteiger partial charge in [-0.3, -0.25) is 5.43 Å². The predicted molar refractivity (Wildman–Crippen MR) is 86.3 cm³/mol. The summed E-state index contributed by atoms with van der Waals surface area (Å²) in [5.74, 6) is 0.325. The van der Waals surface area contributed by atoms with E-state index in [1.54, 1.807) is 31.5 Å². The van der Waals surface area contributed by atoms with E-state index in [0.717, 1.165) is 5.56 Å². The number of rotatable bonds is 4. The summed E-state index contributed by atoms with van der Waals surface area (Å²) in [7, 11) is 1.59. The molecule has 0 fully saturated rings. The number of halogens is 1. The molecule has 2 aromatic rings. The van der Waals surface area contributed by atoms with Gasteiger partial charge in [0.25, 0.3) is 0 Å². The van der Waals surface area contributed by atoms with Crippen LogP contribution in [-0.4, -0.2) is 18.4 Å². The van der Waals surface area contributed by atoms with E-state index in [2.05, 4.69) is 15.8 Å². The average Bonchev–Trinajstić information content (AvgIpc) is 2.50. The normalized spacial score (nSPS) is 10.4. The minimum Gasteiger partial charge on any atom is -0.496 e. The Morgan fingerprint density at radius 1 is 1.19 bits per heavy atom. The van der Waals surface area contributed by atoms with Crippen LogP contribution in [-0.2, 0) is 0 Å². The van der Waals surface area contributed by atoms with E-state index in [1.807, 2.05) is 24.3 Å². The summed E-state index contributed by atoms with van der Waals surface area (Å²) in [5, 5.41) is 6.92. The lowest BCUT2D eigenvalue weighted by Crippen LogP contribution is -2.24. The van der Waals surface area contributed by atoms with Crippen LogP contribution in [0.5, 0.6) is 5.75 Å². The molecule has 0 saturated heterocycles. The maximum atomic E-state index is 13.4. The number of hydrogen-bond donors (Lipinski definition) is 2. The van der Waals surface area contributed by atoms with Crippen LogP contribution in [0.25, 0.3) is 0 Å². The van der Waals surface area contributed by atoms with Gasteiger partial charge >= 0.3 is 0 Å². The molecule has 0 aliphatic carbocycles. The van der Waals surface area contributed by atoms with Crippen LogP contribution >= 0.6 is 12.2 Å². The highest BCUT2D eigenvalue weighted by molar-refractivity contribution is 7.80. The van der Waals surface area contributed by atoms with Gasteiger partial charge in [-0.05, 0) is 36.5 Å². The first-order chi connectivity index (χ1) is 10.2. The Morgan fingerprint density at radius 2 is 1.90 bits per heavy atom. The molecule has 0 unspecified atom stereocenters. The number of benzene rings is 2. The van der Waals surface area contributed by atoms with Crippen LogP contribution < -0.4 is 15.5 Å². The first-order valence-corrected chi connectivity index (χ1v) is 6.59. The van der Waals surface area contributed by atoms with E-state index in [9.17, 15) is 4.39 Å². The summed E-state index contributed by atoms with van der Waals surface area (Å²) in [4.78, 5) is 0. The number of hydrazone groups is 1. The number of hydrogen-bond acceptors (Lipinski definition) is 3. The van der Waals surface area contributed by atoms with E-state index >= 15 is 0 Å². The quantitative estimate of drug-likeness (QED) is 0.517. The highest BCUT2D eigenvalue weighted by Gasteiger charge is 2.02. The van der Waals surface area contributed by atoms with Gasteiger partial charge in [-0.1, -0.05) is 24.3 Å². The Bertz CT molecular complexity index is 661. The zero-order chi connectivity index (χ0) is 15.1. The molecular formula is C15H14FN3OS. The number of nitrogens with zero attached hydrogens (tertiary/aromatic N) is 1. The first kappa shape index (κ1) is 14.9. The lowest BCUT2D eigenvalue weighted by atomic mass is 10.2. The standard InChI is InChI=1S/C15H14FN3OS/c1-20-14-9-5-2-6-11(14)10-17-19-15(21)18-13-8-4-3-7-12(13)16/h2-10H,1H3,(H2,18,19,21)/b17-10-. The van der Waals surface area contributed by atoms with Gasteiger partial charge in [-0.2, -0.15) is 5.10 Å². The molecule has 4 nitrogen and oxygen atoms in total. The SMILES string of the molecule is COc1ccccc1/C=N\NC(=S)Nc1ccccc1F. The van der Waals surface area contributed by atoms with Crippen LogP contribution in [0.4, 0.5) is 10.1 Å². The fourth-order valence-electron chi connectivity index (χ4n) is 1.65. The van der Waals surface area contributed by atoms with E-state index < -0.39 is 0 Å². The van der Waals surface area contributed by atoms with Crippen LogP contribution in [0.2, 0.25) is 0 Å². The maximum absolute atomic E-state index is 13.4. The number of anilines is 1. The lowest BCUT2D eigenvalue weighted by molar-refractivity contribution is 0.414. The van der Waals surface area contributed by atoms with Crippen molar-refractivity contribution >= 4 is 29.2 Å². The molecule has 6 heteroatoms. The second kappa shape index (κ2) is 7.35. The topological polar surface area (TPSA) is 45.6 Å². The number of nitrogens with one attached hydrogen (secondary N) is 2. The van der Waals surface area contributed by atoms with Crippen molar-refractivity contribution in [3.05, 3.63) is 59.9 Å². The van der Waals surface area contributed by atoms with Crippen molar-refractivity contribution in [2.45, 2.75) is 0 Å². The monoisotopic (exact) mass is 303 g/mol. The van der Waals surface area contributed by atoms with Crippen LogP contribution in [0.1, 0.15) is 5.56 Å². The average molecular weight is 303 g/mol. The minimum absolute atomic E-state index is 0.200. The third-order valence-electron chi connectivity index (χ3n) is 2.63. The van der Waals surface area contributed by atoms with Crippen molar-refractivity contribution in [2.24, 2.45) is 5.10 Å². The molecule has 0 aromatic heterocycles. The van der Waals surface area contributed by atoms with Gasteiger partial charge in [-0.25, -0.2) is 4.39 Å². The van der Waals surface area contributed by atoms with Crippen molar-refractivity contribution < 1.29 is 9.13 Å². The Kier molecular flexibility index (Phi) is 5.22. The van der Waals surface area contributed by atoms with Gasteiger partial charge in [0.1, 0.15) is 11.6 Å². The summed E-state index contributed by atoms with van der Waals surface area (Å²) in [5.41, 5.74) is 3.73. The molecule has 21 heavy (non-hydrogen) atoms. The Hall–Kier alpha value is -2.47. The van der Waals surface area contributed by atoms with Gasteiger partial charge in [0.15, 0.2) is 5.11 Å². The van der Waals surface area contributed by atoms with Gasteiger partial charge in [-0.15, -0.1) is 0 Å². The number of thiocarbonyl (C=S) groups is 1. The fraction of sp³-hybridized carbons (Fsp3) is 0.0667. The number of para-hydroxylation sites is 2. The summed E-state index contributed by atoms with van der Waals surface area (Å²) in [6, 6.07) is 13.7. The van der Waals surface area contributed by atoms with Gasteiger partial charge in [0.2, 0.25) is 0 Å². The molecule has 0 aliphatic rings. The van der Waals surface area contributed by atoms with Crippen LogP contribution in [0.3, 0.4) is 0 Å². The molecule has 0 bridgehead atoms. The highest BCUT2D eigenvalue weighted by Crippen LogP contribution is 2.14. The predicted octanol–water partition coefficient (Wildman–Crippen LogP) is 3.15.